The maximum Gasteiger partial charge on any atom is 0.244 e. The van der Waals surface area contributed by atoms with Crippen LogP contribution in [0, 0.1) is 0 Å². The molecule has 0 aliphatic carbocycles. The fraction of sp³-hybridized carbons (Fsp3) is 0.176. The van der Waals surface area contributed by atoms with Crippen LogP contribution in [0.3, 0.4) is 0 Å². The van der Waals surface area contributed by atoms with Crippen molar-refractivity contribution >= 4 is 39.1 Å². The molecular formula is C17H15ClN2O4S. The number of amides is 2. The first-order chi connectivity index (χ1) is 11.6. The van der Waals surface area contributed by atoms with Crippen LogP contribution in [0.5, 0.6) is 0 Å². The van der Waals surface area contributed by atoms with Crippen LogP contribution in [0.1, 0.15) is 18.9 Å². The molecule has 6 nitrogen and oxygen atoms in total. The first-order valence-electron chi connectivity index (χ1n) is 7.39. The summed E-state index contributed by atoms with van der Waals surface area (Å²) in [5.74, 6) is -0.728. The van der Waals surface area contributed by atoms with E-state index in [1.165, 1.54) is 24.3 Å². The molecule has 1 unspecified atom stereocenters. The van der Waals surface area contributed by atoms with Crippen molar-refractivity contribution in [2.75, 3.05) is 4.90 Å². The number of carbonyl (C=O) groups is 2. The van der Waals surface area contributed by atoms with Gasteiger partial charge in [-0.25, -0.2) is 18.5 Å². The number of imide groups is 1. The number of anilines is 1. The lowest BCUT2D eigenvalue weighted by Crippen LogP contribution is -2.36. The average Bonchev–Trinajstić information content (AvgIpc) is 2.77. The van der Waals surface area contributed by atoms with Gasteiger partial charge in [0.2, 0.25) is 21.8 Å². The quantitative estimate of drug-likeness (QED) is 0.828. The molecule has 1 atom stereocenters. The molecule has 0 spiro atoms. The third kappa shape index (κ3) is 3.06. The van der Waals surface area contributed by atoms with Crippen LogP contribution in [0.25, 0.3) is 0 Å². The van der Waals surface area contributed by atoms with Crippen LogP contribution in [-0.4, -0.2) is 20.2 Å². The molecule has 1 aliphatic rings. The van der Waals surface area contributed by atoms with E-state index in [-0.39, 0.29) is 23.1 Å². The molecule has 1 fully saturated rings. The summed E-state index contributed by atoms with van der Waals surface area (Å²) in [5, 5.41) is 5.60. The van der Waals surface area contributed by atoms with Crippen molar-refractivity contribution in [2.24, 2.45) is 5.14 Å². The van der Waals surface area contributed by atoms with Gasteiger partial charge < -0.3 is 0 Å². The smallest absolute Gasteiger partial charge is 0.244 e. The van der Waals surface area contributed by atoms with Crippen LogP contribution < -0.4 is 10.0 Å². The van der Waals surface area contributed by atoms with Gasteiger partial charge in [-0.05, 0) is 48.9 Å². The predicted octanol–water partition coefficient (Wildman–Crippen LogP) is 2.21. The molecule has 0 aromatic heterocycles. The van der Waals surface area contributed by atoms with E-state index in [1.807, 2.05) is 0 Å². The third-order valence-electron chi connectivity index (χ3n) is 4.33. The summed E-state index contributed by atoms with van der Waals surface area (Å²) >= 11 is 5.88. The van der Waals surface area contributed by atoms with Gasteiger partial charge >= 0.3 is 0 Å². The summed E-state index contributed by atoms with van der Waals surface area (Å²) in [5.41, 5.74) is -0.000646. The number of benzene rings is 2. The summed E-state index contributed by atoms with van der Waals surface area (Å²) in [4.78, 5) is 26.4. The molecule has 1 saturated heterocycles. The Balaban J connectivity index is 1.98. The SMILES string of the molecule is CC1(c2ccc(Cl)cc2)CC(=O)N(c2ccc(S(N)(=O)=O)cc2)C1=O. The van der Waals surface area contributed by atoms with E-state index in [2.05, 4.69) is 0 Å². The number of nitrogens with zero attached hydrogens (tertiary/aromatic N) is 1. The highest BCUT2D eigenvalue weighted by atomic mass is 35.5. The standard InChI is InChI=1S/C17H15ClN2O4S/c1-17(11-2-4-12(18)5-3-11)10-15(21)20(16(17)22)13-6-8-14(9-7-13)25(19,23)24/h2-9H,10H2,1H3,(H2,19,23,24). The topological polar surface area (TPSA) is 97.5 Å². The Morgan fingerprint density at radius 3 is 2.12 bits per heavy atom. The molecule has 0 saturated carbocycles. The Kier molecular flexibility index (Phi) is 4.18. The van der Waals surface area contributed by atoms with Crippen LogP contribution in [0.15, 0.2) is 53.4 Å². The number of hydrogen-bond donors (Lipinski definition) is 1. The first kappa shape index (κ1) is 17.6. The second-order valence-electron chi connectivity index (χ2n) is 6.09. The maximum atomic E-state index is 12.9. The van der Waals surface area contributed by atoms with Crippen molar-refractivity contribution in [1.29, 1.82) is 0 Å². The van der Waals surface area contributed by atoms with E-state index in [0.717, 1.165) is 4.90 Å². The monoisotopic (exact) mass is 378 g/mol. The molecule has 2 aromatic rings. The van der Waals surface area contributed by atoms with Gasteiger partial charge in [-0.1, -0.05) is 23.7 Å². The Morgan fingerprint density at radius 1 is 1.04 bits per heavy atom. The lowest BCUT2D eigenvalue weighted by atomic mass is 9.81. The molecule has 3 rings (SSSR count). The van der Waals surface area contributed by atoms with Crippen LogP contribution in [-0.2, 0) is 25.0 Å². The van der Waals surface area contributed by atoms with Crippen molar-refractivity contribution in [1.82, 2.24) is 0 Å². The zero-order chi connectivity index (χ0) is 18.4. The summed E-state index contributed by atoms with van der Waals surface area (Å²) in [6.45, 7) is 1.70. The highest BCUT2D eigenvalue weighted by molar-refractivity contribution is 7.89. The number of carbonyl (C=O) groups excluding carboxylic acids is 2. The van der Waals surface area contributed by atoms with Crippen molar-refractivity contribution in [3.63, 3.8) is 0 Å². The lowest BCUT2D eigenvalue weighted by molar-refractivity contribution is -0.122. The van der Waals surface area contributed by atoms with Crippen LogP contribution in [0.2, 0.25) is 5.02 Å². The minimum Gasteiger partial charge on any atom is -0.274 e. The number of hydrogen-bond acceptors (Lipinski definition) is 4. The number of rotatable bonds is 3. The van der Waals surface area contributed by atoms with Crippen molar-refractivity contribution < 1.29 is 18.0 Å². The highest BCUT2D eigenvalue weighted by Crippen LogP contribution is 2.39. The van der Waals surface area contributed by atoms with Crippen molar-refractivity contribution in [3.05, 3.63) is 59.1 Å². The Hall–Kier alpha value is -2.22. The fourth-order valence-electron chi connectivity index (χ4n) is 2.91. The molecule has 2 N–H and O–H groups in total. The maximum absolute atomic E-state index is 12.9. The predicted molar refractivity (Wildman–Crippen MR) is 93.7 cm³/mol. The summed E-state index contributed by atoms with van der Waals surface area (Å²) in [6, 6.07) is 12.1. The van der Waals surface area contributed by atoms with Gasteiger partial charge in [-0.3, -0.25) is 9.59 Å². The van der Waals surface area contributed by atoms with E-state index >= 15 is 0 Å². The molecule has 2 aromatic carbocycles. The van der Waals surface area contributed by atoms with E-state index < -0.39 is 15.4 Å². The van der Waals surface area contributed by atoms with Gasteiger partial charge in [-0.15, -0.1) is 0 Å². The first-order valence-corrected chi connectivity index (χ1v) is 9.32. The zero-order valence-electron chi connectivity index (χ0n) is 13.3. The lowest BCUT2D eigenvalue weighted by Gasteiger charge is -2.23. The molecule has 2 amide bonds. The van der Waals surface area contributed by atoms with E-state index in [0.29, 0.717) is 16.3 Å². The van der Waals surface area contributed by atoms with Gasteiger partial charge in [0.15, 0.2) is 0 Å². The minimum absolute atomic E-state index is 0.0183. The highest BCUT2D eigenvalue weighted by Gasteiger charge is 2.49. The second-order valence-corrected chi connectivity index (χ2v) is 8.09. The van der Waals surface area contributed by atoms with Gasteiger partial charge in [0.05, 0.1) is 16.0 Å². The molecule has 130 valence electrons. The van der Waals surface area contributed by atoms with Crippen LogP contribution >= 0.6 is 11.6 Å². The Labute approximate surface area is 150 Å². The Bertz CT molecular complexity index is 955. The van der Waals surface area contributed by atoms with E-state index in [4.69, 9.17) is 16.7 Å². The molecule has 1 aliphatic heterocycles. The zero-order valence-corrected chi connectivity index (χ0v) is 14.8. The largest absolute Gasteiger partial charge is 0.274 e. The summed E-state index contributed by atoms with van der Waals surface area (Å²) in [6.07, 6.45) is 0.0183. The van der Waals surface area contributed by atoms with Gasteiger partial charge in [0, 0.05) is 11.4 Å². The fourth-order valence-corrected chi connectivity index (χ4v) is 3.55. The molecular weight excluding hydrogens is 364 g/mol. The van der Waals surface area contributed by atoms with Crippen LogP contribution in [0.4, 0.5) is 5.69 Å². The Morgan fingerprint density at radius 2 is 1.60 bits per heavy atom. The van der Waals surface area contributed by atoms with Crippen molar-refractivity contribution in [2.45, 2.75) is 23.7 Å². The summed E-state index contributed by atoms with van der Waals surface area (Å²) in [7, 11) is -3.84. The molecule has 8 heteroatoms. The minimum atomic E-state index is -3.84. The molecule has 1 heterocycles. The van der Waals surface area contributed by atoms with Gasteiger partial charge in [0.25, 0.3) is 0 Å². The summed E-state index contributed by atoms with van der Waals surface area (Å²) < 4.78 is 22.7. The van der Waals surface area contributed by atoms with Crippen molar-refractivity contribution in [3.8, 4) is 0 Å². The second kappa shape index (κ2) is 5.94. The number of nitrogens with two attached hydrogens (primary N) is 1. The molecule has 25 heavy (non-hydrogen) atoms. The third-order valence-corrected chi connectivity index (χ3v) is 5.52. The van der Waals surface area contributed by atoms with Gasteiger partial charge in [-0.2, -0.15) is 0 Å². The number of primary sulfonamides is 1. The van der Waals surface area contributed by atoms with E-state index in [1.54, 1.807) is 31.2 Å². The molecule has 0 bridgehead atoms. The number of halogens is 1. The normalized spacial score (nSPS) is 21.0. The molecule has 0 radical (unpaired) electrons. The van der Waals surface area contributed by atoms with Gasteiger partial charge in [0.1, 0.15) is 0 Å². The number of sulfonamides is 1. The van der Waals surface area contributed by atoms with E-state index in [9.17, 15) is 18.0 Å². The average molecular weight is 379 g/mol.